The molecular weight excluding hydrogens is 208 g/mol. The maximum atomic E-state index is 10.7. The van der Waals surface area contributed by atoms with Gasteiger partial charge in [0.1, 0.15) is 0 Å². The lowest BCUT2D eigenvalue weighted by molar-refractivity contribution is -0.145. The van der Waals surface area contributed by atoms with Gasteiger partial charge in [0, 0.05) is 7.11 Å². The number of hydrogen-bond acceptors (Lipinski definition) is 3. The molecule has 0 spiro atoms. The van der Waals surface area contributed by atoms with Gasteiger partial charge >= 0.3 is 5.97 Å². The van der Waals surface area contributed by atoms with Crippen LogP contribution in [0, 0.1) is 5.92 Å². The molecule has 1 rings (SSSR count). The first-order valence-electron chi connectivity index (χ1n) is 5.05. The van der Waals surface area contributed by atoms with Gasteiger partial charge in [-0.25, -0.2) is 0 Å². The quantitative estimate of drug-likeness (QED) is 0.797. The van der Waals surface area contributed by atoms with Crippen LogP contribution in [-0.4, -0.2) is 23.3 Å². The number of methoxy groups -OCH3 is 1. The maximum absolute atomic E-state index is 10.7. The van der Waals surface area contributed by atoms with Crippen LogP contribution in [0.15, 0.2) is 24.3 Å². The Balaban J connectivity index is 2.86. The van der Waals surface area contributed by atoms with Crippen molar-refractivity contribution in [3.05, 3.63) is 35.4 Å². The molecular formula is C12H16O4. The lowest BCUT2D eigenvalue weighted by Crippen LogP contribution is -2.18. The molecule has 0 aliphatic heterocycles. The number of carboxylic acids is 1. The van der Waals surface area contributed by atoms with E-state index in [1.807, 2.05) is 6.07 Å². The Morgan fingerprint density at radius 1 is 1.50 bits per heavy atom. The van der Waals surface area contributed by atoms with Crippen LogP contribution in [0.5, 0.6) is 0 Å². The molecule has 16 heavy (non-hydrogen) atoms. The Bertz CT molecular complexity index is 362. The highest BCUT2D eigenvalue weighted by atomic mass is 16.5. The van der Waals surface area contributed by atoms with Gasteiger partial charge in [-0.2, -0.15) is 0 Å². The summed E-state index contributed by atoms with van der Waals surface area (Å²) in [6.45, 7) is 1.93. The van der Waals surface area contributed by atoms with Crippen LogP contribution in [0.25, 0.3) is 0 Å². The second-order valence-corrected chi connectivity index (χ2v) is 3.75. The van der Waals surface area contributed by atoms with E-state index in [0.29, 0.717) is 12.2 Å². The normalized spacial score (nSPS) is 14.4. The number of benzene rings is 1. The van der Waals surface area contributed by atoms with Crippen molar-refractivity contribution >= 4 is 5.97 Å². The minimum Gasteiger partial charge on any atom is -0.481 e. The Morgan fingerprint density at radius 2 is 2.19 bits per heavy atom. The van der Waals surface area contributed by atoms with Gasteiger partial charge < -0.3 is 14.9 Å². The van der Waals surface area contributed by atoms with E-state index in [9.17, 15) is 9.90 Å². The van der Waals surface area contributed by atoms with E-state index in [1.54, 1.807) is 25.3 Å². The Kier molecular flexibility index (Phi) is 4.46. The summed E-state index contributed by atoms with van der Waals surface area (Å²) in [7, 11) is 1.59. The lowest BCUT2D eigenvalue weighted by Gasteiger charge is -2.16. The highest BCUT2D eigenvalue weighted by Crippen LogP contribution is 2.22. The average Bonchev–Trinajstić information content (AvgIpc) is 2.28. The average molecular weight is 224 g/mol. The van der Waals surface area contributed by atoms with Crippen LogP contribution in [0.4, 0.5) is 0 Å². The first-order valence-corrected chi connectivity index (χ1v) is 5.05. The number of aliphatic hydroxyl groups is 1. The molecule has 4 heteroatoms. The van der Waals surface area contributed by atoms with E-state index in [0.717, 1.165) is 5.56 Å². The van der Waals surface area contributed by atoms with Gasteiger partial charge in [-0.05, 0) is 18.1 Å². The van der Waals surface area contributed by atoms with E-state index in [4.69, 9.17) is 9.84 Å². The van der Waals surface area contributed by atoms with Gasteiger partial charge in [0.2, 0.25) is 0 Å². The van der Waals surface area contributed by atoms with Crippen molar-refractivity contribution in [2.45, 2.75) is 19.6 Å². The Hall–Kier alpha value is -1.39. The standard InChI is InChI=1S/C12H16O4/c1-8(12(14)15)11(13)10-5-3-4-9(6-10)7-16-2/h3-6,8,11,13H,7H2,1-2H3,(H,14,15). The van der Waals surface area contributed by atoms with Crippen LogP contribution in [0.1, 0.15) is 24.2 Å². The summed E-state index contributed by atoms with van der Waals surface area (Å²) in [4.78, 5) is 10.7. The third kappa shape index (κ3) is 3.05. The smallest absolute Gasteiger partial charge is 0.309 e. The predicted molar refractivity (Wildman–Crippen MR) is 58.9 cm³/mol. The van der Waals surface area contributed by atoms with Crippen LogP contribution in [-0.2, 0) is 16.1 Å². The number of carboxylic acid groups (broad SMARTS) is 1. The number of aliphatic carboxylic acids is 1. The third-order valence-corrected chi connectivity index (χ3v) is 2.47. The van der Waals surface area contributed by atoms with Crippen LogP contribution in [0.2, 0.25) is 0 Å². The molecule has 2 atom stereocenters. The number of carbonyl (C=O) groups is 1. The molecule has 0 aliphatic rings. The molecule has 2 N–H and O–H groups in total. The van der Waals surface area contributed by atoms with Gasteiger partial charge in [0.05, 0.1) is 18.6 Å². The van der Waals surface area contributed by atoms with Crippen molar-refractivity contribution < 1.29 is 19.7 Å². The van der Waals surface area contributed by atoms with Gasteiger partial charge in [0.25, 0.3) is 0 Å². The van der Waals surface area contributed by atoms with Crippen molar-refractivity contribution in [3.8, 4) is 0 Å². The highest BCUT2D eigenvalue weighted by Gasteiger charge is 2.22. The van der Waals surface area contributed by atoms with Crippen molar-refractivity contribution in [1.29, 1.82) is 0 Å². The molecule has 88 valence electrons. The topological polar surface area (TPSA) is 66.8 Å². The number of aliphatic hydroxyl groups excluding tert-OH is 1. The van der Waals surface area contributed by atoms with Gasteiger partial charge in [0.15, 0.2) is 0 Å². The van der Waals surface area contributed by atoms with Crippen molar-refractivity contribution in [3.63, 3.8) is 0 Å². The maximum Gasteiger partial charge on any atom is 0.309 e. The zero-order valence-electron chi connectivity index (χ0n) is 9.38. The van der Waals surface area contributed by atoms with Crippen LogP contribution < -0.4 is 0 Å². The lowest BCUT2D eigenvalue weighted by atomic mass is 9.96. The summed E-state index contributed by atoms with van der Waals surface area (Å²) >= 11 is 0. The molecule has 4 nitrogen and oxygen atoms in total. The molecule has 0 heterocycles. The van der Waals surface area contributed by atoms with E-state index in [-0.39, 0.29) is 0 Å². The molecule has 1 aromatic carbocycles. The van der Waals surface area contributed by atoms with E-state index < -0.39 is 18.0 Å². The zero-order chi connectivity index (χ0) is 12.1. The van der Waals surface area contributed by atoms with Crippen LogP contribution >= 0.6 is 0 Å². The van der Waals surface area contributed by atoms with Crippen molar-refractivity contribution in [2.75, 3.05) is 7.11 Å². The summed E-state index contributed by atoms with van der Waals surface area (Å²) in [5.41, 5.74) is 1.51. The highest BCUT2D eigenvalue weighted by molar-refractivity contribution is 5.70. The summed E-state index contributed by atoms with van der Waals surface area (Å²) in [5.74, 6) is -1.83. The molecule has 0 fully saturated rings. The summed E-state index contributed by atoms with van der Waals surface area (Å²) < 4.78 is 4.97. The van der Waals surface area contributed by atoms with Crippen molar-refractivity contribution in [1.82, 2.24) is 0 Å². The number of hydrogen-bond donors (Lipinski definition) is 2. The van der Waals surface area contributed by atoms with Gasteiger partial charge in [-0.1, -0.05) is 24.3 Å². The van der Waals surface area contributed by atoms with Gasteiger partial charge in [-0.3, -0.25) is 4.79 Å². The molecule has 0 aliphatic carbocycles. The minimum absolute atomic E-state index is 0.446. The Morgan fingerprint density at radius 3 is 2.75 bits per heavy atom. The summed E-state index contributed by atoms with van der Waals surface area (Å²) in [6, 6.07) is 7.11. The molecule has 0 saturated carbocycles. The fraction of sp³-hybridized carbons (Fsp3) is 0.417. The molecule has 0 aromatic heterocycles. The molecule has 0 saturated heterocycles. The first kappa shape index (κ1) is 12.7. The number of ether oxygens (including phenoxy) is 1. The monoisotopic (exact) mass is 224 g/mol. The molecule has 1 aromatic rings. The molecule has 0 amide bonds. The third-order valence-electron chi connectivity index (χ3n) is 2.47. The zero-order valence-corrected chi connectivity index (χ0v) is 9.38. The van der Waals surface area contributed by atoms with E-state index in [2.05, 4.69) is 0 Å². The van der Waals surface area contributed by atoms with Crippen LogP contribution in [0.3, 0.4) is 0 Å². The Labute approximate surface area is 94.5 Å². The second-order valence-electron chi connectivity index (χ2n) is 3.75. The second kappa shape index (κ2) is 5.63. The molecule has 2 unspecified atom stereocenters. The minimum atomic E-state index is -1.01. The summed E-state index contributed by atoms with van der Waals surface area (Å²) in [5, 5.41) is 18.6. The van der Waals surface area contributed by atoms with E-state index >= 15 is 0 Å². The van der Waals surface area contributed by atoms with E-state index in [1.165, 1.54) is 6.92 Å². The molecule has 0 bridgehead atoms. The van der Waals surface area contributed by atoms with Crippen molar-refractivity contribution in [2.24, 2.45) is 5.92 Å². The number of rotatable bonds is 5. The fourth-order valence-electron chi connectivity index (χ4n) is 1.46. The van der Waals surface area contributed by atoms with Gasteiger partial charge in [-0.15, -0.1) is 0 Å². The largest absolute Gasteiger partial charge is 0.481 e. The fourth-order valence-corrected chi connectivity index (χ4v) is 1.46. The first-order chi connectivity index (χ1) is 7.56. The predicted octanol–water partition coefficient (Wildman–Crippen LogP) is 1.59. The SMILES string of the molecule is COCc1cccc(C(O)C(C)C(=O)O)c1. The summed E-state index contributed by atoms with van der Waals surface area (Å²) in [6.07, 6.45) is -0.991. The molecule has 0 radical (unpaired) electrons.